The van der Waals surface area contributed by atoms with E-state index in [0.717, 1.165) is 47.5 Å². The quantitative estimate of drug-likeness (QED) is 0.178. The third kappa shape index (κ3) is 9.93. The van der Waals surface area contributed by atoms with E-state index in [0.29, 0.717) is 37.3 Å². The molecule has 0 saturated carbocycles. The molecule has 0 bridgehead atoms. The Morgan fingerprint density at radius 1 is 0.684 bits per heavy atom. The summed E-state index contributed by atoms with van der Waals surface area (Å²) in [5.41, 5.74) is 4.03. The number of aromatic nitrogens is 3. The van der Waals surface area contributed by atoms with Crippen LogP contribution in [0.5, 0.6) is 0 Å². The summed E-state index contributed by atoms with van der Waals surface area (Å²) in [4.78, 5) is 35.1. The number of aryl methyl sites for hydroxylation is 1. The summed E-state index contributed by atoms with van der Waals surface area (Å²) in [5, 5.41) is 0. The number of carbonyl (C=O) groups excluding carboxylic acids is 2. The van der Waals surface area contributed by atoms with Crippen molar-refractivity contribution in [3.8, 4) is 23.7 Å². The molecule has 2 aromatic heterocycles. The number of pyridine rings is 1. The molecule has 190 valence electrons. The Morgan fingerprint density at radius 2 is 1.29 bits per heavy atom. The minimum absolute atomic E-state index is 0.313. The highest BCUT2D eigenvalue weighted by Crippen LogP contribution is 2.06. The number of hydrogen-bond acceptors (Lipinski definition) is 7. The van der Waals surface area contributed by atoms with E-state index in [1.54, 1.807) is 18.6 Å². The smallest absolute Gasteiger partial charge is 0.330 e. The maximum atomic E-state index is 11.1. The van der Waals surface area contributed by atoms with E-state index < -0.39 is 11.9 Å². The zero-order valence-electron chi connectivity index (χ0n) is 21.0. The van der Waals surface area contributed by atoms with Crippen molar-refractivity contribution in [2.75, 3.05) is 13.2 Å². The zero-order valence-corrected chi connectivity index (χ0v) is 21.0. The highest BCUT2D eigenvalue weighted by atomic mass is 16.5. The molecule has 38 heavy (non-hydrogen) atoms. The van der Waals surface area contributed by atoms with Crippen LogP contribution in [0.15, 0.2) is 80.3 Å². The third-order valence-electron chi connectivity index (χ3n) is 5.12. The standard InChI is InChI=1S/C31H27N3O4/c1-3-30(35)37-19-6-5-7-29-33-22-27(23-34-29)15-17-28-16-14-26(21-32-28)13-12-24-8-10-25(11-9-24)18-20-38-31(36)4-2/h3-4,8-11,14,16,21-23H,1-2,5-7,18-20H2. The van der Waals surface area contributed by atoms with Gasteiger partial charge in [-0.2, -0.15) is 0 Å². The van der Waals surface area contributed by atoms with E-state index in [1.165, 1.54) is 0 Å². The van der Waals surface area contributed by atoms with Crippen LogP contribution in [0.25, 0.3) is 0 Å². The van der Waals surface area contributed by atoms with Gasteiger partial charge in [-0.25, -0.2) is 24.5 Å². The minimum atomic E-state index is -0.420. The molecule has 0 saturated heterocycles. The van der Waals surface area contributed by atoms with Crippen LogP contribution in [0.4, 0.5) is 0 Å². The molecule has 3 rings (SSSR count). The Labute approximate surface area is 222 Å². The maximum absolute atomic E-state index is 11.1. The summed E-state index contributed by atoms with van der Waals surface area (Å²) in [6, 6.07) is 11.5. The summed E-state index contributed by atoms with van der Waals surface area (Å²) < 4.78 is 9.94. The topological polar surface area (TPSA) is 91.3 Å². The van der Waals surface area contributed by atoms with Gasteiger partial charge >= 0.3 is 11.9 Å². The van der Waals surface area contributed by atoms with Crippen molar-refractivity contribution in [3.05, 3.63) is 114 Å². The average molecular weight is 506 g/mol. The number of ether oxygens (including phenoxy) is 2. The Hall–Kier alpha value is -5.01. The van der Waals surface area contributed by atoms with Crippen molar-refractivity contribution in [1.29, 1.82) is 0 Å². The van der Waals surface area contributed by atoms with E-state index in [4.69, 9.17) is 9.47 Å². The van der Waals surface area contributed by atoms with E-state index in [1.807, 2.05) is 36.4 Å². The lowest BCUT2D eigenvalue weighted by molar-refractivity contribution is -0.138. The van der Waals surface area contributed by atoms with Crippen LogP contribution in [0, 0.1) is 23.7 Å². The molecule has 0 spiro atoms. The van der Waals surface area contributed by atoms with Crippen LogP contribution >= 0.6 is 0 Å². The van der Waals surface area contributed by atoms with Gasteiger partial charge in [-0.05, 0) is 48.6 Å². The molecule has 0 fully saturated rings. The van der Waals surface area contributed by atoms with E-state index in [-0.39, 0.29) is 0 Å². The van der Waals surface area contributed by atoms with Crippen molar-refractivity contribution < 1.29 is 19.1 Å². The van der Waals surface area contributed by atoms with Gasteiger partial charge in [-0.1, -0.05) is 43.1 Å². The molecule has 3 aromatic rings. The molecule has 0 unspecified atom stereocenters. The molecule has 2 heterocycles. The largest absolute Gasteiger partial charge is 0.463 e. The van der Waals surface area contributed by atoms with Gasteiger partial charge in [0.15, 0.2) is 0 Å². The second-order valence-corrected chi connectivity index (χ2v) is 7.97. The maximum Gasteiger partial charge on any atom is 0.330 e. The zero-order chi connectivity index (χ0) is 27.0. The highest BCUT2D eigenvalue weighted by Gasteiger charge is 2.00. The SMILES string of the molecule is C=CC(=O)OCCCCc1ncc(C#Cc2ccc(C#Cc3ccc(CCOC(=O)C=C)cc3)cn2)cn1. The number of hydrogen-bond donors (Lipinski definition) is 0. The van der Waals surface area contributed by atoms with Crippen LogP contribution in [0.2, 0.25) is 0 Å². The Bertz CT molecular complexity index is 1370. The minimum Gasteiger partial charge on any atom is -0.463 e. The molecule has 0 aliphatic heterocycles. The highest BCUT2D eigenvalue weighted by molar-refractivity contribution is 5.81. The fourth-order valence-electron chi connectivity index (χ4n) is 3.07. The summed E-state index contributed by atoms with van der Waals surface area (Å²) in [7, 11) is 0. The molecule has 0 amide bonds. The Kier molecular flexibility index (Phi) is 11.0. The van der Waals surface area contributed by atoms with Gasteiger partial charge in [-0.3, -0.25) is 0 Å². The van der Waals surface area contributed by atoms with Gasteiger partial charge in [0.05, 0.1) is 18.8 Å². The summed E-state index contributed by atoms with van der Waals surface area (Å²) >= 11 is 0. The van der Waals surface area contributed by atoms with Crippen molar-refractivity contribution in [2.24, 2.45) is 0 Å². The number of benzene rings is 1. The van der Waals surface area contributed by atoms with Gasteiger partial charge in [0, 0.05) is 54.7 Å². The van der Waals surface area contributed by atoms with Crippen LogP contribution in [-0.4, -0.2) is 40.1 Å². The first-order valence-electron chi connectivity index (χ1n) is 12.0. The van der Waals surface area contributed by atoms with Gasteiger partial charge in [-0.15, -0.1) is 0 Å². The molecular weight excluding hydrogens is 478 g/mol. The molecular formula is C31H27N3O4. The third-order valence-corrected chi connectivity index (χ3v) is 5.12. The number of nitrogens with zero attached hydrogens (tertiary/aromatic N) is 3. The molecule has 1 aromatic carbocycles. The molecule has 7 heteroatoms. The van der Waals surface area contributed by atoms with Gasteiger partial charge in [0.25, 0.3) is 0 Å². The van der Waals surface area contributed by atoms with Crippen molar-refractivity contribution in [1.82, 2.24) is 15.0 Å². The molecule has 0 radical (unpaired) electrons. The second kappa shape index (κ2) is 15.2. The number of carbonyl (C=O) groups is 2. The number of rotatable bonds is 10. The normalized spacial score (nSPS) is 9.68. The van der Waals surface area contributed by atoms with Crippen molar-refractivity contribution in [2.45, 2.75) is 25.7 Å². The van der Waals surface area contributed by atoms with Gasteiger partial charge in [0.2, 0.25) is 0 Å². The molecule has 0 N–H and O–H groups in total. The van der Waals surface area contributed by atoms with E-state index in [2.05, 4.69) is 51.8 Å². The summed E-state index contributed by atoms with van der Waals surface area (Å²) in [5.74, 6) is 12.1. The van der Waals surface area contributed by atoms with Crippen molar-refractivity contribution in [3.63, 3.8) is 0 Å². The van der Waals surface area contributed by atoms with Crippen LogP contribution in [0.1, 0.15) is 46.6 Å². The van der Waals surface area contributed by atoms with Gasteiger partial charge < -0.3 is 9.47 Å². The first-order chi connectivity index (χ1) is 18.6. The van der Waals surface area contributed by atoms with Crippen LogP contribution in [-0.2, 0) is 31.9 Å². The molecule has 0 atom stereocenters. The molecule has 0 aliphatic rings. The van der Waals surface area contributed by atoms with Crippen molar-refractivity contribution >= 4 is 11.9 Å². The fourth-order valence-corrected chi connectivity index (χ4v) is 3.07. The number of unbranched alkanes of at least 4 members (excludes halogenated alkanes) is 1. The predicted octanol–water partition coefficient (Wildman–Crippen LogP) is 3.99. The van der Waals surface area contributed by atoms with E-state index >= 15 is 0 Å². The van der Waals surface area contributed by atoms with Crippen LogP contribution in [0.3, 0.4) is 0 Å². The number of esters is 2. The summed E-state index contributed by atoms with van der Waals surface area (Å²) in [6.07, 6.45) is 10.2. The second-order valence-electron chi connectivity index (χ2n) is 7.97. The first kappa shape index (κ1) is 27.6. The summed E-state index contributed by atoms with van der Waals surface area (Å²) in [6.45, 7) is 7.40. The van der Waals surface area contributed by atoms with E-state index in [9.17, 15) is 9.59 Å². The first-order valence-corrected chi connectivity index (χ1v) is 12.0. The Balaban J connectivity index is 1.46. The molecule has 7 nitrogen and oxygen atoms in total. The predicted molar refractivity (Wildman–Crippen MR) is 144 cm³/mol. The molecule has 0 aliphatic carbocycles. The fraction of sp³-hybridized carbons (Fsp3) is 0.194. The lowest BCUT2D eigenvalue weighted by atomic mass is 10.1. The van der Waals surface area contributed by atoms with Gasteiger partial charge in [0.1, 0.15) is 11.5 Å². The lowest BCUT2D eigenvalue weighted by Crippen LogP contribution is -2.04. The average Bonchev–Trinajstić information content (AvgIpc) is 2.96. The lowest BCUT2D eigenvalue weighted by Gasteiger charge is -2.02. The Morgan fingerprint density at radius 3 is 1.95 bits per heavy atom. The monoisotopic (exact) mass is 505 g/mol. The van der Waals surface area contributed by atoms with Crippen LogP contribution < -0.4 is 0 Å².